The Hall–Kier alpha value is -0.590. The van der Waals surface area contributed by atoms with Gasteiger partial charge < -0.3 is 5.32 Å². The topological polar surface area (TPSA) is 39.1 Å². The second kappa shape index (κ2) is 6.00. The monoisotopic (exact) mass is 195 g/mol. The molecule has 1 N–H and O–H groups in total. The molecule has 14 heavy (non-hydrogen) atoms. The number of hydrogen-bond acceptors (Lipinski definition) is 3. The van der Waals surface area contributed by atoms with Gasteiger partial charge in [0, 0.05) is 12.6 Å². The third-order valence-electron chi connectivity index (χ3n) is 2.96. The normalized spacial score (nSPS) is 25.6. The fourth-order valence-electron chi connectivity index (χ4n) is 2.06. The predicted molar refractivity (Wildman–Crippen MR) is 58.0 cm³/mol. The summed E-state index contributed by atoms with van der Waals surface area (Å²) in [5, 5.41) is 12.1. The van der Waals surface area contributed by atoms with E-state index in [4.69, 9.17) is 5.26 Å². The number of rotatable bonds is 4. The van der Waals surface area contributed by atoms with Crippen molar-refractivity contribution in [3.05, 3.63) is 0 Å². The fourth-order valence-corrected chi connectivity index (χ4v) is 2.06. The zero-order valence-electron chi connectivity index (χ0n) is 9.29. The average molecular weight is 195 g/mol. The molecule has 1 heterocycles. The summed E-state index contributed by atoms with van der Waals surface area (Å²) in [5.41, 5.74) is 0. The van der Waals surface area contributed by atoms with Gasteiger partial charge in [0.05, 0.1) is 6.07 Å². The molecule has 0 aromatic carbocycles. The first-order valence-corrected chi connectivity index (χ1v) is 5.65. The minimum atomic E-state index is 0.000509. The lowest BCUT2D eigenvalue weighted by atomic mass is 10.0. The minimum Gasteiger partial charge on any atom is -0.301 e. The van der Waals surface area contributed by atoms with Gasteiger partial charge in [-0.25, -0.2) is 0 Å². The summed E-state index contributed by atoms with van der Waals surface area (Å²) in [6.07, 6.45) is 3.91. The average Bonchev–Trinajstić information content (AvgIpc) is 2.20. The Morgan fingerprint density at radius 1 is 1.57 bits per heavy atom. The van der Waals surface area contributed by atoms with E-state index in [0.717, 1.165) is 19.6 Å². The van der Waals surface area contributed by atoms with Crippen LogP contribution in [0, 0.1) is 11.3 Å². The van der Waals surface area contributed by atoms with Crippen LogP contribution in [0.5, 0.6) is 0 Å². The molecule has 0 bridgehead atoms. The van der Waals surface area contributed by atoms with Crippen LogP contribution < -0.4 is 5.32 Å². The quantitative estimate of drug-likeness (QED) is 0.736. The van der Waals surface area contributed by atoms with Crippen molar-refractivity contribution in [3.8, 4) is 6.07 Å². The molecule has 0 aromatic heterocycles. The van der Waals surface area contributed by atoms with Gasteiger partial charge in [0.1, 0.15) is 6.04 Å². The van der Waals surface area contributed by atoms with E-state index in [0.29, 0.717) is 6.04 Å². The summed E-state index contributed by atoms with van der Waals surface area (Å²) in [5.74, 6) is 0. The van der Waals surface area contributed by atoms with E-state index in [1.165, 1.54) is 19.3 Å². The number of hydrogen-bond donors (Lipinski definition) is 1. The third kappa shape index (κ3) is 3.28. The summed E-state index contributed by atoms with van der Waals surface area (Å²) in [7, 11) is 0. The lowest BCUT2D eigenvalue weighted by Gasteiger charge is -2.34. The lowest BCUT2D eigenvalue weighted by molar-refractivity contribution is 0.153. The molecule has 0 saturated carbocycles. The molecule has 1 rings (SSSR count). The van der Waals surface area contributed by atoms with Crippen molar-refractivity contribution in [2.24, 2.45) is 0 Å². The van der Waals surface area contributed by atoms with Crippen molar-refractivity contribution in [1.82, 2.24) is 10.2 Å². The van der Waals surface area contributed by atoms with Gasteiger partial charge in [0.25, 0.3) is 0 Å². The molecule has 2 unspecified atom stereocenters. The van der Waals surface area contributed by atoms with Crippen LogP contribution in [0.15, 0.2) is 0 Å². The summed E-state index contributed by atoms with van der Waals surface area (Å²) in [6, 6.07) is 2.97. The van der Waals surface area contributed by atoms with Crippen molar-refractivity contribution in [2.45, 2.75) is 45.2 Å². The Balaban J connectivity index is 2.36. The van der Waals surface area contributed by atoms with Crippen LogP contribution in [0.3, 0.4) is 0 Å². The Kier molecular flexibility index (Phi) is 4.92. The number of piperidine rings is 1. The van der Waals surface area contributed by atoms with E-state index in [2.05, 4.69) is 23.2 Å². The summed E-state index contributed by atoms with van der Waals surface area (Å²) >= 11 is 0. The van der Waals surface area contributed by atoms with Crippen LogP contribution in [-0.2, 0) is 0 Å². The highest BCUT2D eigenvalue weighted by molar-refractivity contribution is 4.93. The maximum atomic E-state index is 8.93. The Morgan fingerprint density at radius 2 is 2.36 bits per heavy atom. The van der Waals surface area contributed by atoms with Gasteiger partial charge in [-0.3, -0.25) is 4.90 Å². The van der Waals surface area contributed by atoms with E-state index in [9.17, 15) is 0 Å². The van der Waals surface area contributed by atoms with Gasteiger partial charge in [-0.1, -0.05) is 13.3 Å². The molecule has 0 spiro atoms. The summed E-state index contributed by atoms with van der Waals surface area (Å²) in [6.45, 7) is 7.22. The molecule has 1 aliphatic heterocycles. The van der Waals surface area contributed by atoms with E-state index in [-0.39, 0.29) is 6.04 Å². The number of nitriles is 1. The highest BCUT2D eigenvalue weighted by Gasteiger charge is 2.20. The number of nitrogens with one attached hydrogen (secondary N) is 1. The molecule has 1 fully saturated rings. The maximum Gasteiger partial charge on any atom is 0.108 e. The Labute approximate surface area is 87.1 Å². The lowest BCUT2D eigenvalue weighted by Crippen LogP contribution is -2.46. The molecule has 3 nitrogen and oxygen atoms in total. The smallest absolute Gasteiger partial charge is 0.108 e. The zero-order chi connectivity index (χ0) is 10.4. The minimum absolute atomic E-state index is 0.000509. The highest BCUT2D eigenvalue weighted by atomic mass is 15.2. The van der Waals surface area contributed by atoms with Crippen molar-refractivity contribution < 1.29 is 0 Å². The van der Waals surface area contributed by atoms with Crippen LogP contribution in [0.4, 0.5) is 0 Å². The van der Waals surface area contributed by atoms with E-state index in [1.54, 1.807) is 0 Å². The molecular formula is C11H21N3. The van der Waals surface area contributed by atoms with Gasteiger partial charge in [-0.2, -0.15) is 5.26 Å². The van der Waals surface area contributed by atoms with E-state index < -0.39 is 0 Å². The Morgan fingerprint density at radius 3 is 2.93 bits per heavy atom. The van der Waals surface area contributed by atoms with Crippen LogP contribution >= 0.6 is 0 Å². The van der Waals surface area contributed by atoms with E-state index >= 15 is 0 Å². The van der Waals surface area contributed by atoms with E-state index in [1.807, 2.05) is 6.92 Å². The van der Waals surface area contributed by atoms with Crippen molar-refractivity contribution in [1.29, 1.82) is 5.26 Å². The zero-order valence-corrected chi connectivity index (χ0v) is 9.29. The summed E-state index contributed by atoms with van der Waals surface area (Å²) in [4.78, 5) is 2.43. The second-order valence-corrected chi connectivity index (χ2v) is 4.08. The number of likely N-dealkylation sites (tertiary alicyclic amines) is 1. The van der Waals surface area contributed by atoms with Gasteiger partial charge in [-0.15, -0.1) is 0 Å². The summed E-state index contributed by atoms with van der Waals surface area (Å²) < 4.78 is 0. The largest absolute Gasteiger partial charge is 0.301 e. The SMILES string of the molecule is CCNC(C#N)CN1CCCCC1C. The molecule has 0 aromatic rings. The van der Waals surface area contributed by atoms with Crippen LogP contribution in [-0.4, -0.2) is 36.6 Å². The first-order valence-electron chi connectivity index (χ1n) is 5.65. The fraction of sp³-hybridized carbons (Fsp3) is 0.909. The molecule has 3 heteroatoms. The Bertz CT molecular complexity index is 197. The predicted octanol–water partition coefficient (Wildman–Crippen LogP) is 1.36. The molecule has 80 valence electrons. The highest BCUT2D eigenvalue weighted by Crippen LogP contribution is 2.16. The maximum absolute atomic E-state index is 8.93. The molecular weight excluding hydrogens is 174 g/mol. The van der Waals surface area contributed by atoms with Gasteiger partial charge in [0.15, 0.2) is 0 Å². The number of nitrogens with zero attached hydrogens (tertiary/aromatic N) is 2. The third-order valence-corrected chi connectivity index (χ3v) is 2.96. The van der Waals surface area contributed by atoms with Crippen molar-refractivity contribution in [2.75, 3.05) is 19.6 Å². The number of likely N-dealkylation sites (N-methyl/N-ethyl adjacent to an activating group) is 1. The molecule has 0 amide bonds. The van der Waals surface area contributed by atoms with Crippen LogP contribution in [0.1, 0.15) is 33.1 Å². The van der Waals surface area contributed by atoms with Crippen LogP contribution in [0.2, 0.25) is 0 Å². The van der Waals surface area contributed by atoms with Gasteiger partial charge in [0.2, 0.25) is 0 Å². The van der Waals surface area contributed by atoms with Gasteiger partial charge in [-0.05, 0) is 32.9 Å². The first-order chi connectivity index (χ1) is 6.77. The molecule has 0 aliphatic carbocycles. The first kappa shape index (κ1) is 11.5. The van der Waals surface area contributed by atoms with Crippen molar-refractivity contribution >= 4 is 0 Å². The molecule has 1 aliphatic rings. The standard InChI is InChI=1S/C11H21N3/c1-3-13-11(8-12)9-14-7-5-4-6-10(14)2/h10-11,13H,3-7,9H2,1-2H3. The second-order valence-electron chi connectivity index (χ2n) is 4.08. The molecule has 2 atom stereocenters. The van der Waals surface area contributed by atoms with Crippen LogP contribution in [0.25, 0.3) is 0 Å². The van der Waals surface area contributed by atoms with Crippen molar-refractivity contribution in [3.63, 3.8) is 0 Å². The molecule has 0 radical (unpaired) electrons. The van der Waals surface area contributed by atoms with Gasteiger partial charge >= 0.3 is 0 Å². The molecule has 1 saturated heterocycles.